The lowest BCUT2D eigenvalue weighted by Crippen LogP contribution is -2.17. The number of H-pyrrole nitrogens is 1. The molecule has 0 atom stereocenters. The zero-order valence-electron chi connectivity index (χ0n) is 15.0. The minimum atomic E-state index is -3.92. The van der Waals surface area contributed by atoms with E-state index in [0.29, 0.717) is 53.2 Å². The number of ether oxygens (including phenoxy) is 2. The van der Waals surface area contributed by atoms with Gasteiger partial charge in [-0.25, -0.2) is 8.42 Å². The number of nitrogens with one attached hydrogen (secondary N) is 2. The molecule has 2 aromatic heterocycles. The lowest BCUT2D eigenvalue weighted by Gasteiger charge is -2.19. The second-order valence-electron chi connectivity index (χ2n) is 6.19. The van der Waals surface area contributed by atoms with Crippen LogP contribution in [0.3, 0.4) is 0 Å². The Morgan fingerprint density at radius 2 is 1.81 bits per heavy atom. The average Bonchev–Trinajstić information content (AvgIpc) is 3.17. The van der Waals surface area contributed by atoms with Gasteiger partial charge in [0.05, 0.1) is 11.3 Å². The minimum absolute atomic E-state index is 0.0681. The highest BCUT2D eigenvalue weighted by molar-refractivity contribution is 7.93. The first-order valence-electron chi connectivity index (χ1n) is 8.27. The van der Waals surface area contributed by atoms with E-state index in [4.69, 9.17) is 14.0 Å². The molecule has 0 spiro atoms. The largest absolute Gasteiger partial charge is 0.486 e. The molecule has 0 radical (unpaired) electrons. The Bertz CT molecular complexity index is 1120. The van der Waals surface area contributed by atoms with Crippen molar-refractivity contribution in [1.82, 2.24) is 15.1 Å². The maximum absolute atomic E-state index is 13.1. The van der Waals surface area contributed by atoms with Crippen molar-refractivity contribution in [3.8, 4) is 23.0 Å². The fourth-order valence-electron chi connectivity index (χ4n) is 3.06. The second kappa shape index (κ2) is 6.31. The van der Waals surface area contributed by atoms with Crippen molar-refractivity contribution in [3.05, 3.63) is 35.4 Å². The number of rotatable bonds is 4. The molecule has 3 heterocycles. The summed E-state index contributed by atoms with van der Waals surface area (Å²) in [6, 6.07) is 4.89. The Labute approximate surface area is 155 Å². The molecule has 1 aliphatic rings. The van der Waals surface area contributed by atoms with E-state index in [1.54, 1.807) is 39.0 Å². The molecular formula is C17H18N4O5S. The molecule has 1 aliphatic heterocycles. The van der Waals surface area contributed by atoms with Crippen molar-refractivity contribution < 1.29 is 22.4 Å². The standard InChI is InChI=1S/C17H18N4O5S/c1-9-15(17-19-11(3)20-26-17)16(10(2)18-9)27(22,23)21-12-4-5-13-14(8-12)25-7-6-24-13/h4-5,8,18,21H,6-7H2,1-3H3. The molecule has 0 amide bonds. The zero-order valence-corrected chi connectivity index (χ0v) is 15.8. The number of sulfonamides is 1. The van der Waals surface area contributed by atoms with Crippen LogP contribution in [0, 0.1) is 20.8 Å². The van der Waals surface area contributed by atoms with E-state index in [0.717, 1.165) is 0 Å². The lowest BCUT2D eigenvalue weighted by atomic mass is 10.2. The molecule has 4 rings (SSSR count). The highest BCUT2D eigenvalue weighted by Gasteiger charge is 2.29. The summed E-state index contributed by atoms with van der Waals surface area (Å²) in [7, 11) is -3.92. The highest BCUT2D eigenvalue weighted by atomic mass is 32.2. The number of hydrogen-bond donors (Lipinski definition) is 2. The molecule has 0 saturated carbocycles. The van der Waals surface area contributed by atoms with Crippen LogP contribution >= 0.6 is 0 Å². The van der Waals surface area contributed by atoms with Gasteiger partial charge in [-0.05, 0) is 32.9 Å². The third-order valence-corrected chi connectivity index (χ3v) is 5.67. The van der Waals surface area contributed by atoms with Crippen molar-refractivity contribution in [2.45, 2.75) is 25.7 Å². The maximum atomic E-state index is 13.1. The van der Waals surface area contributed by atoms with Crippen LogP contribution in [0.25, 0.3) is 11.5 Å². The van der Waals surface area contributed by atoms with Crippen LogP contribution < -0.4 is 14.2 Å². The molecule has 1 aromatic carbocycles. The molecule has 142 valence electrons. The summed E-state index contributed by atoms with van der Waals surface area (Å²) < 4.78 is 45.0. The number of hydrogen-bond acceptors (Lipinski definition) is 7. The third kappa shape index (κ3) is 3.12. The Balaban J connectivity index is 1.75. The summed E-state index contributed by atoms with van der Waals surface area (Å²) >= 11 is 0. The summed E-state index contributed by atoms with van der Waals surface area (Å²) in [6.45, 7) is 5.99. The molecule has 27 heavy (non-hydrogen) atoms. The fraction of sp³-hybridized carbons (Fsp3) is 0.294. The first-order chi connectivity index (χ1) is 12.8. The second-order valence-corrected chi connectivity index (χ2v) is 7.81. The Kier molecular flexibility index (Phi) is 4.06. The third-order valence-electron chi connectivity index (χ3n) is 4.12. The van der Waals surface area contributed by atoms with Gasteiger partial charge in [-0.1, -0.05) is 5.16 Å². The lowest BCUT2D eigenvalue weighted by molar-refractivity contribution is 0.171. The number of benzene rings is 1. The van der Waals surface area contributed by atoms with E-state index in [1.807, 2.05) is 0 Å². The Morgan fingerprint density at radius 1 is 1.07 bits per heavy atom. The fourth-order valence-corrected chi connectivity index (χ4v) is 4.57. The van der Waals surface area contributed by atoms with E-state index in [-0.39, 0.29) is 10.8 Å². The number of aryl methyl sites for hydroxylation is 3. The van der Waals surface area contributed by atoms with Gasteiger partial charge in [0.2, 0.25) is 0 Å². The predicted molar refractivity (Wildman–Crippen MR) is 96.5 cm³/mol. The number of nitrogens with zero attached hydrogens (tertiary/aromatic N) is 2. The number of aromatic amines is 1. The molecule has 0 bridgehead atoms. The zero-order chi connectivity index (χ0) is 19.2. The van der Waals surface area contributed by atoms with E-state index in [2.05, 4.69) is 19.8 Å². The van der Waals surface area contributed by atoms with Gasteiger partial charge in [-0.15, -0.1) is 0 Å². The SMILES string of the molecule is Cc1noc(-c2c(C)[nH]c(C)c2S(=O)(=O)Nc2ccc3c(c2)OCCO3)n1. The minimum Gasteiger partial charge on any atom is -0.486 e. The van der Waals surface area contributed by atoms with Gasteiger partial charge in [0.1, 0.15) is 18.1 Å². The normalized spacial score (nSPS) is 13.6. The monoisotopic (exact) mass is 390 g/mol. The van der Waals surface area contributed by atoms with Crippen molar-refractivity contribution in [2.24, 2.45) is 0 Å². The van der Waals surface area contributed by atoms with Crippen molar-refractivity contribution in [2.75, 3.05) is 17.9 Å². The molecule has 0 aliphatic carbocycles. The predicted octanol–water partition coefficient (Wildman–Crippen LogP) is 2.56. The molecular weight excluding hydrogens is 372 g/mol. The van der Waals surface area contributed by atoms with Crippen LogP contribution in [0.15, 0.2) is 27.6 Å². The van der Waals surface area contributed by atoms with Gasteiger partial charge < -0.3 is 19.0 Å². The molecule has 0 fully saturated rings. The van der Waals surface area contributed by atoms with Crippen LogP contribution in [0.2, 0.25) is 0 Å². The van der Waals surface area contributed by atoms with Gasteiger partial charge in [-0.2, -0.15) is 4.98 Å². The van der Waals surface area contributed by atoms with Gasteiger partial charge in [0, 0.05) is 17.5 Å². The van der Waals surface area contributed by atoms with Crippen LogP contribution in [0.1, 0.15) is 17.2 Å². The van der Waals surface area contributed by atoms with Gasteiger partial charge in [-0.3, -0.25) is 4.72 Å². The van der Waals surface area contributed by atoms with Crippen molar-refractivity contribution in [3.63, 3.8) is 0 Å². The quantitative estimate of drug-likeness (QED) is 0.702. The smallest absolute Gasteiger partial charge is 0.264 e. The van der Waals surface area contributed by atoms with Crippen molar-refractivity contribution in [1.29, 1.82) is 0 Å². The summed E-state index contributed by atoms with van der Waals surface area (Å²) in [5.41, 5.74) is 1.82. The molecule has 0 saturated heterocycles. The maximum Gasteiger partial charge on any atom is 0.264 e. The first-order valence-corrected chi connectivity index (χ1v) is 9.76. The molecule has 0 unspecified atom stereocenters. The first kappa shape index (κ1) is 17.4. The van der Waals surface area contributed by atoms with Gasteiger partial charge >= 0.3 is 0 Å². The Morgan fingerprint density at radius 3 is 2.52 bits per heavy atom. The van der Waals surface area contributed by atoms with Gasteiger partial charge in [0.25, 0.3) is 15.9 Å². The molecule has 10 heteroatoms. The highest BCUT2D eigenvalue weighted by Crippen LogP contribution is 2.36. The van der Waals surface area contributed by atoms with E-state index < -0.39 is 10.0 Å². The van der Waals surface area contributed by atoms with Crippen LogP contribution in [-0.4, -0.2) is 36.8 Å². The topological polar surface area (TPSA) is 119 Å². The summed E-state index contributed by atoms with van der Waals surface area (Å²) in [6.07, 6.45) is 0. The molecule has 3 aromatic rings. The van der Waals surface area contributed by atoms with Crippen LogP contribution in [0.5, 0.6) is 11.5 Å². The van der Waals surface area contributed by atoms with Gasteiger partial charge in [0.15, 0.2) is 17.3 Å². The number of aromatic nitrogens is 3. The summed E-state index contributed by atoms with van der Waals surface area (Å²) in [4.78, 5) is 7.27. The number of fused-ring (bicyclic) bond motifs is 1. The number of anilines is 1. The summed E-state index contributed by atoms with van der Waals surface area (Å²) in [5, 5.41) is 3.75. The van der Waals surface area contributed by atoms with E-state index >= 15 is 0 Å². The molecule has 9 nitrogen and oxygen atoms in total. The molecule has 2 N–H and O–H groups in total. The van der Waals surface area contributed by atoms with Crippen LogP contribution in [-0.2, 0) is 10.0 Å². The van der Waals surface area contributed by atoms with Crippen molar-refractivity contribution >= 4 is 15.7 Å². The van der Waals surface area contributed by atoms with Crippen LogP contribution in [0.4, 0.5) is 5.69 Å². The Hall–Kier alpha value is -3.01. The average molecular weight is 390 g/mol. The summed E-state index contributed by atoms with van der Waals surface area (Å²) in [5.74, 6) is 1.65. The van der Waals surface area contributed by atoms with E-state index in [1.165, 1.54) is 0 Å². The van der Waals surface area contributed by atoms with E-state index in [9.17, 15) is 8.42 Å².